The first-order chi connectivity index (χ1) is 11.7. The maximum Gasteiger partial charge on any atom is 0.191 e. The van der Waals surface area contributed by atoms with Gasteiger partial charge in [-0.1, -0.05) is 6.92 Å². The topological polar surface area (TPSA) is 78.4 Å². The quantitative estimate of drug-likeness (QED) is 0.273. The standard InChI is InChI=1S/C17H34N4O3.HI/c1-15(12-21-5-9-23-10-6-21)11-19-16(18-2)20-13-17(3-7-22)4-8-24-14-17;/h15,22H,3-14H2,1-2H3,(H2,18,19,20);1H. The number of morpholine rings is 1. The Hall–Kier alpha value is -0.160. The molecule has 0 bridgehead atoms. The first-order valence-corrected chi connectivity index (χ1v) is 9.11. The van der Waals surface area contributed by atoms with Crippen LogP contribution >= 0.6 is 24.0 Å². The van der Waals surface area contributed by atoms with Crippen molar-refractivity contribution in [3.63, 3.8) is 0 Å². The van der Waals surface area contributed by atoms with Gasteiger partial charge in [0, 0.05) is 58.4 Å². The summed E-state index contributed by atoms with van der Waals surface area (Å²) in [6, 6.07) is 0. The average Bonchev–Trinajstić information content (AvgIpc) is 3.05. The second-order valence-electron chi connectivity index (χ2n) is 7.10. The van der Waals surface area contributed by atoms with Crippen LogP contribution in [0.2, 0.25) is 0 Å². The Morgan fingerprint density at radius 3 is 2.60 bits per heavy atom. The molecule has 8 heteroatoms. The van der Waals surface area contributed by atoms with E-state index in [0.29, 0.717) is 12.5 Å². The highest BCUT2D eigenvalue weighted by atomic mass is 127. The molecule has 2 atom stereocenters. The van der Waals surface area contributed by atoms with E-state index >= 15 is 0 Å². The number of halogens is 1. The van der Waals surface area contributed by atoms with E-state index in [2.05, 4.69) is 27.4 Å². The van der Waals surface area contributed by atoms with Crippen LogP contribution in [0.25, 0.3) is 0 Å². The molecular weight excluding hydrogens is 435 g/mol. The zero-order chi connectivity index (χ0) is 17.3. The molecule has 0 radical (unpaired) electrons. The molecule has 2 unspecified atom stereocenters. The molecule has 3 N–H and O–H groups in total. The summed E-state index contributed by atoms with van der Waals surface area (Å²) < 4.78 is 10.9. The van der Waals surface area contributed by atoms with Crippen molar-refractivity contribution in [1.82, 2.24) is 15.5 Å². The first kappa shape index (κ1) is 22.9. The van der Waals surface area contributed by atoms with Crippen molar-refractivity contribution < 1.29 is 14.6 Å². The van der Waals surface area contributed by atoms with Gasteiger partial charge in [0.1, 0.15) is 0 Å². The predicted octanol–water partition coefficient (Wildman–Crippen LogP) is 0.527. The first-order valence-electron chi connectivity index (χ1n) is 9.11. The molecular formula is C17H35IN4O3. The molecule has 0 aromatic heterocycles. The highest BCUT2D eigenvalue weighted by Gasteiger charge is 2.34. The van der Waals surface area contributed by atoms with Gasteiger partial charge in [-0.25, -0.2) is 0 Å². The highest BCUT2D eigenvalue weighted by Crippen LogP contribution is 2.31. The van der Waals surface area contributed by atoms with Gasteiger partial charge in [-0.05, 0) is 18.8 Å². The minimum atomic E-state index is 0. The molecule has 2 fully saturated rings. The van der Waals surface area contributed by atoms with E-state index in [1.165, 1.54) is 0 Å². The number of ether oxygens (including phenoxy) is 2. The summed E-state index contributed by atoms with van der Waals surface area (Å²) in [7, 11) is 1.80. The fourth-order valence-corrected chi connectivity index (χ4v) is 3.36. The van der Waals surface area contributed by atoms with Crippen LogP contribution in [0.5, 0.6) is 0 Å². The van der Waals surface area contributed by atoms with E-state index in [9.17, 15) is 5.11 Å². The maximum absolute atomic E-state index is 9.30. The molecule has 2 aliphatic rings. The molecule has 0 aromatic rings. The zero-order valence-corrected chi connectivity index (χ0v) is 18.0. The number of hydrogen-bond donors (Lipinski definition) is 3. The van der Waals surface area contributed by atoms with Gasteiger partial charge in [0.05, 0.1) is 19.8 Å². The number of hydrogen-bond acceptors (Lipinski definition) is 5. The largest absolute Gasteiger partial charge is 0.396 e. The van der Waals surface area contributed by atoms with E-state index in [1.807, 2.05) is 0 Å². The fraction of sp³-hybridized carbons (Fsp3) is 0.941. The molecule has 2 rings (SSSR count). The molecule has 2 aliphatic heterocycles. The lowest BCUT2D eigenvalue weighted by Gasteiger charge is -2.30. The number of aliphatic imine (C=N–C) groups is 1. The summed E-state index contributed by atoms with van der Waals surface area (Å²) in [5.41, 5.74) is 0.0335. The number of aliphatic hydroxyl groups excluding tert-OH is 1. The van der Waals surface area contributed by atoms with Crippen LogP contribution < -0.4 is 10.6 Å². The number of rotatable bonds is 8. The average molecular weight is 470 g/mol. The van der Waals surface area contributed by atoms with Gasteiger partial charge in [0.2, 0.25) is 0 Å². The number of nitrogens with one attached hydrogen (secondary N) is 2. The molecule has 0 aromatic carbocycles. The van der Waals surface area contributed by atoms with Gasteiger partial charge < -0.3 is 25.2 Å². The Kier molecular flexibility index (Phi) is 11.2. The summed E-state index contributed by atoms with van der Waals surface area (Å²) in [4.78, 5) is 6.77. The molecule has 25 heavy (non-hydrogen) atoms. The van der Waals surface area contributed by atoms with Crippen molar-refractivity contribution in [2.45, 2.75) is 19.8 Å². The van der Waals surface area contributed by atoms with E-state index in [0.717, 1.165) is 71.3 Å². The van der Waals surface area contributed by atoms with E-state index in [1.54, 1.807) is 7.05 Å². The lowest BCUT2D eigenvalue weighted by molar-refractivity contribution is 0.0320. The Morgan fingerprint density at radius 2 is 2.00 bits per heavy atom. The molecule has 0 spiro atoms. The summed E-state index contributed by atoms with van der Waals surface area (Å²) in [6.07, 6.45) is 1.76. The Bertz CT molecular complexity index is 386. The predicted molar refractivity (Wildman–Crippen MR) is 111 cm³/mol. The second kappa shape index (κ2) is 12.3. The highest BCUT2D eigenvalue weighted by molar-refractivity contribution is 14.0. The number of guanidine groups is 1. The lowest BCUT2D eigenvalue weighted by atomic mass is 9.84. The van der Waals surface area contributed by atoms with Crippen LogP contribution in [0.15, 0.2) is 4.99 Å². The molecule has 0 saturated carbocycles. The van der Waals surface area contributed by atoms with Crippen LogP contribution in [-0.2, 0) is 9.47 Å². The van der Waals surface area contributed by atoms with Gasteiger partial charge in [0.25, 0.3) is 0 Å². The van der Waals surface area contributed by atoms with Crippen molar-refractivity contribution in [1.29, 1.82) is 0 Å². The van der Waals surface area contributed by atoms with Crippen LogP contribution in [0.1, 0.15) is 19.8 Å². The van der Waals surface area contributed by atoms with E-state index < -0.39 is 0 Å². The van der Waals surface area contributed by atoms with Crippen LogP contribution in [0.3, 0.4) is 0 Å². The van der Waals surface area contributed by atoms with Crippen molar-refractivity contribution in [3.05, 3.63) is 0 Å². The van der Waals surface area contributed by atoms with Gasteiger partial charge in [-0.3, -0.25) is 9.89 Å². The van der Waals surface area contributed by atoms with Gasteiger partial charge >= 0.3 is 0 Å². The SMILES string of the molecule is CN=C(NCC(C)CN1CCOCC1)NCC1(CCO)CCOC1.I. The number of nitrogens with zero attached hydrogens (tertiary/aromatic N) is 2. The van der Waals surface area contributed by atoms with Crippen molar-refractivity contribution >= 4 is 29.9 Å². The third-order valence-corrected chi connectivity index (χ3v) is 4.97. The maximum atomic E-state index is 9.30. The van der Waals surface area contributed by atoms with Crippen LogP contribution in [-0.4, -0.2) is 88.8 Å². The minimum Gasteiger partial charge on any atom is -0.396 e. The fourth-order valence-electron chi connectivity index (χ4n) is 3.36. The molecule has 2 heterocycles. The van der Waals surface area contributed by atoms with Crippen LogP contribution in [0.4, 0.5) is 0 Å². The number of aliphatic hydroxyl groups is 1. The van der Waals surface area contributed by atoms with Gasteiger partial charge in [-0.15, -0.1) is 24.0 Å². The smallest absolute Gasteiger partial charge is 0.191 e. The van der Waals surface area contributed by atoms with Gasteiger partial charge in [-0.2, -0.15) is 0 Å². The van der Waals surface area contributed by atoms with Crippen molar-refractivity contribution in [2.75, 3.05) is 72.8 Å². The monoisotopic (exact) mass is 470 g/mol. The Morgan fingerprint density at radius 1 is 1.24 bits per heavy atom. The summed E-state index contributed by atoms with van der Waals surface area (Å²) in [5.74, 6) is 1.37. The third-order valence-electron chi connectivity index (χ3n) is 4.97. The Balaban J connectivity index is 0.00000312. The summed E-state index contributed by atoms with van der Waals surface area (Å²) in [6.45, 7) is 10.5. The summed E-state index contributed by atoms with van der Waals surface area (Å²) >= 11 is 0. The Labute approximate surface area is 168 Å². The van der Waals surface area contributed by atoms with Crippen molar-refractivity contribution in [2.24, 2.45) is 16.3 Å². The zero-order valence-electron chi connectivity index (χ0n) is 15.6. The molecule has 7 nitrogen and oxygen atoms in total. The molecule has 148 valence electrons. The molecule has 2 saturated heterocycles. The third kappa shape index (κ3) is 7.94. The molecule has 0 amide bonds. The van der Waals surface area contributed by atoms with Crippen molar-refractivity contribution in [3.8, 4) is 0 Å². The molecule has 0 aliphatic carbocycles. The van der Waals surface area contributed by atoms with Crippen LogP contribution in [0, 0.1) is 11.3 Å². The lowest BCUT2D eigenvalue weighted by Crippen LogP contribution is -2.47. The summed E-state index contributed by atoms with van der Waals surface area (Å²) in [5, 5.41) is 16.1. The van der Waals surface area contributed by atoms with E-state index in [-0.39, 0.29) is 36.0 Å². The van der Waals surface area contributed by atoms with E-state index in [4.69, 9.17) is 9.47 Å². The second-order valence-corrected chi connectivity index (χ2v) is 7.10. The van der Waals surface area contributed by atoms with Gasteiger partial charge in [0.15, 0.2) is 5.96 Å². The normalized spacial score (nSPS) is 26.1. The minimum absolute atomic E-state index is 0.